The normalized spacial score (nSPS) is 21.2. The molecule has 0 saturated heterocycles. The van der Waals surface area contributed by atoms with Gasteiger partial charge >= 0.3 is 6.18 Å². The highest BCUT2D eigenvalue weighted by Crippen LogP contribution is 2.37. The van der Waals surface area contributed by atoms with Gasteiger partial charge in [0.25, 0.3) is 0 Å². The predicted octanol–water partition coefficient (Wildman–Crippen LogP) is 3.35. The Morgan fingerprint density at radius 2 is 1.96 bits per heavy atom. The molecule has 1 saturated carbocycles. The molecule has 2 N–H and O–H groups in total. The Morgan fingerprint density at radius 1 is 1.23 bits per heavy atom. The number of unbranched alkanes of at least 4 members (excludes halogenated alkanes) is 1. The number of alkyl halides is 3. The molecule has 1 aliphatic carbocycles. The Kier molecular flexibility index (Phi) is 10.3. The van der Waals surface area contributed by atoms with Gasteiger partial charge in [0.2, 0.25) is 0 Å². The van der Waals surface area contributed by atoms with Crippen LogP contribution in [0.3, 0.4) is 0 Å². The molecule has 6 nitrogen and oxygen atoms in total. The molecule has 2 rings (SSSR count). The Labute approximate surface area is 169 Å². The molecule has 1 aromatic heterocycles. The molecule has 1 aliphatic rings. The number of hydrogen-bond acceptors (Lipinski definition) is 3. The second-order valence-electron chi connectivity index (χ2n) is 6.41. The number of aromatic nitrogens is 3. The molecule has 0 radical (unpaired) electrons. The van der Waals surface area contributed by atoms with Crippen LogP contribution in [0.1, 0.15) is 45.4 Å². The lowest BCUT2D eigenvalue weighted by molar-refractivity contribution is -0.183. The van der Waals surface area contributed by atoms with Gasteiger partial charge in [0, 0.05) is 25.7 Å². The summed E-state index contributed by atoms with van der Waals surface area (Å²) in [6, 6.07) is -0.171. The van der Waals surface area contributed by atoms with Gasteiger partial charge in [-0.25, -0.2) is 0 Å². The molecule has 2 atom stereocenters. The number of aliphatic imine (C=N–C) groups is 1. The van der Waals surface area contributed by atoms with Crippen molar-refractivity contribution < 1.29 is 13.2 Å². The minimum atomic E-state index is -4.10. The molecule has 1 aromatic rings. The topological polar surface area (TPSA) is 67.1 Å². The van der Waals surface area contributed by atoms with Crippen LogP contribution in [0.15, 0.2) is 17.6 Å². The molecule has 1 heterocycles. The first-order valence-electron chi connectivity index (χ1n) is 8.93. The lowest BCUT2D eigenvalue weighted by Gasteiger charge is -2.31. The second-order valence-corrected chi connectivity index (χ2v) is 6.41. The summed E-state index contributed by atoms with van der Waals surface area (Å²) >= 11 is 0. The fourth-order valence-electron chi connectivity index (χ4n) is 3.07. The Morgan fingerprint density at radius 3 is 2.62 bits per heavy atom. The average Bonchev–Trinajstić information content (AvgIpc) is 3.07. The third-order valence-corrected chi connectivity index (χ3v) is 4.38. The predicted molar refractivity (Wildman–Crippen MR) is 106 cm³/mol. The van der Waals surface area contributed by atoms with E-state index in [2.05, 4.69) is 25.8 Å². The highest BCUT2D eigenvalue weighted by Gasteiger charge is 2.42. The molecule has 0 aromatic carbocycles. The maximum Gasteiger partial charge on any atom is 0.391 e. The van der Waals surface area contributed by atoms with Crippen molar-refractivity contribution in [2.24, 2.45) is 10.9 Å². The van der Waals surface area contributed by atoms with Gasteiger partial charge in [-0.2, -0.15) is 13.2 Å². The number of aryl methyl sites for hydroxylation is 1. The van der Waals surface area contributed by atoms with Gasteiger partial charge in [0.1, 0.15) is 12.7 Å². The quantitative estimate of drug-likeness (QED) is 0.268. The SMILES string of the molecule is CCNC(=NCCCCn1cnnc1)NC1CCCC(C(F)(F)F)C1.I. The van der Waals surface area contributed by atoms with Crippen LogP contribution in [0.4, 0.5) is 13.2 Å². The number of halogens is 4. The highest BCUT2D eigenvalue weighted by molar-refractivity contribution is 14.0. The van der Waals surface area contributed by atoms with Crippen LogP contribution in [-0.2, 0) is 6.54 Å². The van der Waals surface area contributed by atoms with E-state index in [4.69, 9.17) is 0 Å². The summed E-state index contributed by atoms with van der Waals surface area (Å²) in [5, 5.41) is 13.8. The molecule has 1 fully saturated rings. The number of nitrogens with one attached hydrogen (secondary N) is 2. The van der Waals surface area contributed by atoms with E-state index in [0.717, 1.165) is 25.8 Å². The van der Waals surface area contributed by atoms with Crippen molar-refractivity contribution in [1.82, 2.24) is 25.4 Å². The van der Waals surface area contributed by atoms with Crippen molar-refractivity contribution in [2.45, 2.75) is 64.2 Å². The third-order valence-electron chi connectivity index (χ3n) is 4.38. The van der Waals surface area contributed by atoms with Crippen molar-refractivity contribution in [3.8, 4) is 0 Å². The summed E-state index contributed by atoms with van der Waals surface area (Å²) in [6.07, 6.45) is 2.80. The first-order valence-corrected chi connectivity index (χ1v) is 8.93. The molecule has 26 heavy (non-hydrogen) atoms. The van der Waals surface area contributed by atoms with Crippen LogP contribution in [0.2, 0.25) is 0 Å². The van der Waals surface area contributed by atoms with Crippen LogP contribution < -0.4 is 10.6 Å². The zero-order valence-corrected chi connectivity index (χ0v) is 17.3. The van der Waals surface area contributed by atoms with E-state index < -0.39 is 12.1 Å². The number of nitrogens with zero attached hydrogens (tertiary/aromatic N) is 4. The van der Waals surface area contributed by atoms with Gasteiger partial charge in [-0.3, -0.25) is 4.99 Å². The fraction of sp³-hybridized carbons (Fsp3) is 0.812. The minimum Gasteiger partial charge on any atom is -0.357 e. The van der Waals surface area contributed by atoms with E-state index >= 15 is 0 Å². The van der Waals surface area contributed by atoms with E-state index in [1.165, 1.54) is 0 Å². The molecule has 0 bridgehead atoms. The first kappa shape index (κ1) is 23.0. The van der Waals surface area contributed by atoms with Crippen molar-refractivity contribution in [1.29, 1.82) is 0 Å². The Bertz CT molecular complexity index is 521. The van der Waals surface area contributed by atoms with Crippen molar-refractivity contribution >= 4 is 29.9 Å². The Hall–Kier alpha value is -1.07. The minimum absolute atomic E-state index is 0. The zero-order valence-electron chi connectivity index (χ0n) is 15.0. The fourth-order valence-corrected chi connectivity index (χ4v) is 3.07. The average molecular weight is 488 g/mol. The first-order chi connectivity index (χ1) is 12.0. The van der Waals surface area contributed by atoms with Gasteiger partial charge in [0.15, 0.2) is 5.96 Å². The molecule has 2 unspecified atom stereocenters. The number of hydrogen-bond donors (Lipinski definition) is 2. The van der Waals surface area contributed by atoms with Gasteiger partial charge < -0.3 is 15.2 Å². The summed E-state index contributed by atoms with van der Waals surface area (Å²) in [5.41, 5.74) is 0. The smallest absolute Gasteiger partial charge is 0.357 e. The van der Waals surface area contributed by atoms with Crippen LogP contribution in [0, 0.1) is 5.92 Å². The van der Waals surface area contributed by atoms with Gasteiger partial charge in [0.05, 0.1) is 5.92 Å². The van der Waals surface area contributed by atoms with Gasteiger partial charge in [-0.05, 0) is 39.0 Å². The Balaban J connectivity index is 0.00000338. The van der Waals surface area contributed by atoms with Crippen LogP contribution >= 0.6 is 24.0 Å². The van der Waals surface area contributed by atoms with Crippen LogP contribution in [0.25, 0.3) is 0 Å². The van der Waals surface area contributed by atoms with E-state index in [-0.39, 0.29) is 42.9 Å². The monoisotopic (exact) mass is 488 g/mol. The standard InChI is InChI=1S/C16H27F3N6.HI/c1-2-20-15(21-8-3-4-9-25-11-22-23-12-25)24-14-7-5-6-13(10-14)16(17,18)19;/h11-14H,2-10H2,1H3,(H2,20,21,24);1H. The van der Waals surface area contributed by atoms with Crippen molar-refractivity contribution in [2.75, 3.05) is 13.1 Å². The maximum absolute atomic E-state index is 12.9. The van der Waals surface area contributed by atoms with Crippen molar-refractivity contribution in [3.63, 3.8) is 0 Å². The highest BCUT2D eigenvalue weighted by atomic mass is 127. The lowest BCUT2D eigenvalue weighted by atomic mass is 9.85. The van der Waals surface area contributed by atoms with Gasteiger partial charge in [-0.15, -0.1) is 34.2 Å². The molecule has 0 aliphatic heterocycles. The summed E-state index contributed by atoms with van der Waals surface area (Å²) in [7, 11) is 0. The van der Waals surface area contributed by atoms with E-state index in [9.17, 15) is 13.2 Å². The summed E-state index contributed by atoms with van der Waals surface area (Å²) in [4.78, 5) is 4.49. The molecular weight excluding hydrogens is 460 g/mol. The summed E-state index contributed by atoms with van der Waals surface area (Å²) < 4.78 is 40.7. The zero-order chi connectivity index (χ0) is 18.1. The van der Waals surface area contributed by atoms with E-state index in [0.29, 0.717) is 25.5 Å². The number of guanidine groups is 1. The largest absolute Gasteiger partial charge is 0.391 e. The lowest BCUT2D eigenvalue weighted by Crippen LogP contribution is -2.46. The van der Waals surface area contributed by atoms with Crippen LogP contribution in [-0.4, -0.2) is 46.0 Å². The summed E-state index contributed by atoms with van der Waals surface area (Å²) in [5.74, 6) is -0.593. The van der Waals surface area contributed by atoms with Crippen LogP contribution in [0.5, 0.6) is 0 Å². The molecule has 0 spiro atoms. The third kappa shape index (κ3) is 8.09. The second kappa shape index (κ2) is 11.6. The molecule has 0 amide bonds. The molecule has 10 heteroatoms. The molecular formula is C16H28F3IN6. The van der Waals surface area contributed by atoms with E-state index in [1.807, 2.05) is 11.5 Å². The maximum atomic E-state index is 12.9. The van der Waals surface area contributed by atoms with Crippen molar-refractivity contribution in [3.05, 3.63) is 12.7 Å². The number of rotatable bonds is 7. The van der Waals surface area contributed by atoms with E-state index in [1.54, 1.807) is 12.7 Å². The van der Waals surface area contributed by atoms with Gasteiger partial charge in [-0.1, -0.05) is 6.42 Å². The molecule has 150 valence electrons. The summed E-state index contributed by atoms with van der Waals surface area (Å²) in [6.45, 7) is 4.10.